The van der Waals surface area contributed by atoms with Crippen molar-refractivity contribution in [1.29, 1.82) is 0 Å². The van der Waals surface area contributed by atoms with Gasteiger partial charge in [-0.1, -0.05) is 0 Å². The Labute approximate surface area is 73.2 Å². The molecule has 1 unspecified atom stereocenters. The molecule has 1 heterocycles. The van der Waals surface area contributed by atoms with Crippen LogP contribution in [0.4, 0.5) is 5.88 Å². The van der Waals surface area contributed by atoms with E-state index < -0.39 is 0 Å². The zero-order chi connectivity index (χ0) is 9.14. The van der Waals surface area contributed by atoms with Crippen molar-refractivity contribution < 1.29 is 4.42 Å². The summed E-state index contributed by atoms with van der Waals surface area (Å²) in [5, 5.41) is 0. The molecule has 0 radical (unpaired) electrons. The van der Waals surface area contributed by atoms with E-state index in [-0.39, 0.29) is 6.04 Å². The number of hydrogen-bond donors (Lipinski definition) is 1. The maximum absolute atomic E-state index is 5.65. The lowest BCUT2D eigenvalue weighted by atomic mass is 10.3. The van der Waals surface area contributed by atoms with Crippen LogP contribution in [0, 0.1) is 6.92 Å². The van der Waals surface area contributed by atoms with Gasteiger partial charge in [0.15, 0.2) is 5.88 Å². The van der Waals surface area contributed by atoms with Crippen LogP contribution in [-0.2, 0) is 0 Å². The Morgan fingerprint density at radius 3 is 2.67 bits per heavy atom. The Hall–Kier alpha value is -0.960. The van der Waals surface area contributed by atoms with Gasteiger partial charge in [-0.15, -0.1) is 0 Å². The third-order valence-electron chi connectivity index (χ3n) is 1.66. The number of nitrogens with zero attached hydrogens (tertiary/aromatic N) is 1. The molecule has 0 amide bonds. The maximum atomic E-state index is 5.65. The zero-order valence-electron chi connectivity index (χ0n) is 7.87. The quantitative estimate of drug-likeness (QED) is 0.741. The third-order valence-corrected chi connectivity index (χ3v) is 1.66. The summed E-state index contributed by atoms with van der Waals surface area (Å²) < 4.78 is 5.42. The van der Waals surface area contributed by atoms with Gasteiger partial charge in [-0.2, -0.15) is 0 Å². The normalized spacial score (nSPS) is 13.0. The number of nitrogens with two attached hydrogens (primary N) is 1. The first-order valence-corrected chi connectivity index (χ1v) is 4.12. The molecular formula is C9H16N2O. The Balaban J connectivity index is 2.58. The van der Waals surface area contributed by atoms with Gasteiger partial charge in [0.05, 0.1) is 0 Å². The van der Waals surface area contributed by atoms with Crippen LogP contribution in [0.3, 0.4) is 0 Å². The first-order valence-electron chi connectivity index (χ1n) is 4.12. The number of anilines is 1. The van der Waals surface area contributed by atoms with E-state index in [0.29, 0.717) is 0 Å². The molecule has 0 saturated carbocycles. The zero-order valence-corrected chi connectivity index (χ0v) is 7.87. The van der Waals surface area contributed by atoms with Crippen molar-refractivity contribution in [3.8, 4) is 0 Å². The monoisotopic (exact) mass is 168 g/mol. The lowest BCUT2D eigenvalue weighted by molar-refractivity contribution is 0.520. The topological polar surface area (TPSA) is 42.4 Å². The molecule has 0 saturated heterocycles. The highest BCUT2D eigenvalue weighted by molar-refractivity contribution is 5.35. The van der Waals surface area contributed by atoms with E-state index in [1.54, 1.807) is 0 Å². The fourth-order valence-corrected chi connectivity index (χ4v) is 1.15. The fraction of sp³-hybridized carbons (Fsp3) is 0.556. The van der Waals surface area contributed by atoms with Crippen molar-refractivity contribution in [2.45, 2.75) is 19.9 Å². The van der Waals surface area contributed by atoms with Gasteiger partial charge in [0.25, 0.3) is 0 Å². The molecule has 0 bridgehead atoms. The van der Waals surface area contributed by atoms with E-state index in [1.807, 2.05) is 37.9 Å². The second-order valence-electron chi connectivity index (χ2n) is 3.24. The highest BCUT2D eigenvalue weighted by Gasteiger charge is 2.06. The van der Waals surface area contributed by atoms with Crippen molar-refractivity contribution in [2.75, 3.05) is 18.5 Å². The number of aryl methyl sites for hydroxylation is 1. The molecule has 0 aliphatic carbocycles. The molecule has 0 spiro atoms. The first kappa shape index (κ1) is 9.13. The van der Waals surface area contributed by atoms with Gasteiger partial charge in [0.2, 0.25) is 0 Å². The smallest absolute Gasteiger partial charge is 0.195 e. The van der Waals surface area contributed by atoms with Gasteiger partial charge >= 0.3 is 0 Å². The summed E-state index contributed by atoms with van der Waals surface area (Å²) in [6.07, 6.45) is 0. The molecule has 0 aliphatic rings. The average Bonchev–Trinajstić information content (AvgIpc) is 2.34. The molecule has 3 nitrogen and oxygen atoms in total. The highest BCUT2D eigenvalue weighted by atomic mass is 16.4. The molecule has 1 atom stereocenters. The molecule has 0 aliphatic heterocycles. The summed E-state index contributed by atoms with van der Waals surface area (Å²) in [7, 11) is 1.97. The van der Waals surface area contributed by atoms with E-state index in [2.05, 4.69) is 0 Å². The summed E-state index contributed by atoms with van der Waals surface area (Å²) in [6, 6.07) is 4.07. The molecule has 1 rings (SSSR count). The highest BCUT2D eigenvalue weighted by Crippen LogP contribution is 2.15. The minimum absolute atomic E-state index is 0.167. The van der Waals surface area contributed by atoms with E-state index in [9.17, 15) is 0 Å². The van der Waals surface area contributed by atoms with Gasteiger partial charge in [0, 0.05) is 25.7 Å². The van der Waals surface area contributed by atoms with Crippen LogP contribution >= 0.6 is 0 Å². The summed E-state index contributed by atoms with van der Waals surface area (Å²) >= 11 is 0. The van der Waals surface area contributed by atoms with Crippen LogP contribution in [0.5, 0.6) is 0 Å². The minimum Gasteiger partial charge on any atom is -0.446 e. The van der Waals surface area contributed by atoms with Gasteiger partial charge in [-0.3, -0.25) is 0 Å². The molecule has 2 N–H and O–H groups in total. The molecular weight excluding hydrogens is 152 g/mol. The average molecular weight is 168 g/mol. The van der Waals surface area contributed by atoms with Gasteiger partial charge in [-0.25, -0.2) is 0 Å². The van der Waals surface area contributed by atoms with E-state index in [4.69, 9.17) is 10.2 Å². The minimum atomic E-state index is 0.167. The van der Waals surface area contributed by atoms with Crippen molar-refractivity contribution >= 4 is 5.88 Å². The second-order valence-corrected chi connectivity index (χ2v) is 3.24. The first-order chi connectivity index (χ1) is 5.59. The summed E-state index contributed by atoms with van der Waals surface area (Å²) in [5.41, 5.74) is 5.65. The summed E-state index contributed by atoms with van der Waals surface area (Å²) in [4.78, 5) is 2.01. The maximum Gasteiger partial charge on any atom is 0.195 e. The van der Waals surface area contributed by atoms with Crippen LogP contribution in [0.2, 0.25) is 0 Å². The fourth-order valence-electron chi connectivity index (χ4n) is 1.15. The molecule has 12 heavy (non-hydrogen) atoms. The molecule has 68 valence electrons. The molecule has 3 heteroatoms. The van der Waals surface area contributed by atoms with Crippen molar-refractivity contribution in [2.24, 2.45) is 5.73 Å². The van der Waals surface area contributed by atoms with E-state index in [0.717, 1.165) is 18.2 Å². The number of rotatable bonds is 3. The van der Waals surface area contributed by atoms with Crippen LogP contribution in [0.15, 0.2) is 16.5 Å². The lowest BCUT2D eigenvalue weighted by Crippen LogP contribution is -2.32. The van der Waals surface area contributed by atoms with Crippen LogP contribution in [0.1, 0.15) is 12.7 Å². The Morgan fingerprint density at radius 1 is 1.58 bits per heavy atom. The molecule has 0 fully saturated rings. The van der Waals surface area contributed by atoms with Crippen LogP contribution < -0.4 is 10.6 Å². The number of furan rings is 1. The van der Waals surface area contributed by atoms with Crippen molar-refractivity contribution in [3.63, 3.8) is 0 Å². The molecule has 1 aromatic heterocycles. The van der Waals surface area contributed by atoms with Gasteiger partial charge in [-0.05, 0) is 19.9 Å². The Kier molecular flexibility index (Phi) is 2.76. The van der Waals surface area contributed by atoms with E-state index in [1.165, 1.54) is 0 Å². The van der Waals surface area contributed by atoms with Crippen molar-refractivity contribution in [3.05, 3.63) is 17.9 Å². The van der Waals surface area contributed by atoms with Crippen LogP contribution in [-0.4, -0.2) is 19.6 Å². The predicted molar refractivity (Wildman–Crippen MR) is 50.4 cm³/mol. The standard InChI is InChI=1S/C9H16N2O/c1-7(10)6-11(3)9-5-4-8(2)12-9/h4-5,7H,6,10H2,1-3H3. The number of likely N-dealkylation sites (N-methyl/N-ethyl adjacent to an activating group) is 1. The largest absolute Gasteiger partial charge is 0.446 e. The van der Waals surface area contributed by atoms with E-state index >= 15 is 0 Å². The van der Waals surface area contributed by atoms with Gasteiger partial charge < -0.3 is 15.1 Å². The summed E-state index contributed by atoms with van der Waals surface area (Å²) in [5.74, 6) is 1.81. The lowest BCUT2D eigenvalue weighted by Gasteiger charge is -2.17. The van der Waals surface area contributed by atoms with Crippen LogP contribution in [0.25, 0.3) is 0 Å². The summed E-state index contributed by atoms with van der Waals surface area (Å²) in [6.45, 7) is 4.72. The molecule has 1 aromatic rings. The number of hydrogen-bond acceptors (Lipinski definition) is 3. The van der Waals surface area contributed by atoms with Gasteiger partial charge in [0.1, 0.15) is 5.76 Å². The van der Waals surface area contributed by atoms with Crippen molar-refractivity contribution in [1.82, 2.24) is 0 Å². The third kappa shape index (κ3) is 2.27. The predicted octanol–water partition coefficient (Wildman–Crippen LogP) is 1.37. The Bertz CT molecular complexity index is 242. The Morgan fingerprint density at radius 2 is 2.25 bits per heavy atom. The second kappa shape index (κ2) is 3.63. The SMILES string of the molecule is Cc1ccc(N(C)CC(C)N)o1. The molecule has 0 aromatic carbocycles.